The predicted molar refractivity (Wildman–Crippen MR) is 97.1 cm³/mol. The van der Waals surface area contributed by atoms with Gasteiger partial charge in [-0.25, -0.2) is 0 Å². The van der Waals surface area contributed by atoms with Gasteiger partial charge >= 0.3 is 5.97 Å². The summed E-state index contributed by atoms with van der Waals surface area (Å²) in [5.74, 6) is 0.364. The first-order valence-corrected chi connectivity index (χ1v) is 8.04. The number of benzene rings is 2. The number of hydrogen-bond donors (Lipinski definition) is 2. The number of nitrogens with one attached hydrogen (secondary N) is 1. The van der Waals surface area contributed by atoms with Crippen LogP contribution in [0.5, 0.6) is 11.5 Å². The first-order valence-electron chi connectivity index (χ1n) is 8.04. The molecule has 0 radical (unpaired) electrons. The van der Waals surface area contributed by atoms with Crippen LogP contribution in [0.15, 0.2) is 61.2 Å². The summed E-state index contributed by atoms with van der Waals surface area (Å²) in [6.07, 6.45) is 2.09. The molecule has 0 saturated carbocycles. The molecule has 1 atom stereocenters. The van der Waals surface area contributed by atoms with Gasteiger partial charge < -0.3 is 19.9 Å². The van der Waals surface area contributed by atoms with Gasteiger partial charge in [-0.15, -0.1) is 0 Å². The molecule has 0 aliphatic carbocycles. The SMILES string of the molecule is C=CCOc1ccc(CN[C@@H](Cc2ccccc2)C(=O)O)cc1OC. The molecule has 2 N–H and O–H groups in total. The molecule has 5 nitrogen and oxygen atoms in total. The first kappa shape index (κ1) is 18.5. The van der Waals surface area contributed by atoms with Crippen molar-refractivity contribution < 1.29 is 19.4 Å². The lowest BCUT2D eigenvalue weighted by Crippen LogP contribution is -2.38. The summed E-state index contributed by atoms with van der Waals surface area (Å²) in [7, 11) is 1.57. The molecule has 0 heterocycles. The van der Waals surface area contributed by atoms with Crippen LogP contribution >= 0.6 is 0 Å². The van der Waals surface area contributed by atoms with Crippen LogP contribution < -0.4 is 14.8 Å². The second-order valence-electron chi connectivity index (χ2n) is 5.55. The van der Waals surface area contributed by atoms with Crippen LogP contribution in [0.25, 0.3) is 0 Å². The third-order valence-corrected chi connectivity index (χ3v) is 3.72. The van der Waals surface area contributed by atoms with Crippen molar-refractivity contribution in [3.8, 4) is 11.5 Å². The Morgan fingerprint density at radius 1 is 1.20 bits per heavy atom. The van der Waals surface area contributed by atoms with Gasteiger partial charge in [0.25, 0.3) is 0 Å². The number of carboxylic acids is 1. The predicted octanol–water partition coefficient (Wildman–Crippen LogP) is 3.05. The second-order valence-corrected chi connectivity index (χ2v) is 5.55. The smallest absolute Gasteiger partial charge is 0.321 e. The monoisotopic (exact) mass is 341 g/mol. The highest BCUT2D eigenvalue weighted by molar-refractivity contribution is 5.73. The largest absolute Gasteiger partial charge is 0.493 e. The maximum Gasteiger partial charge on any atom is 0.321 e. The minimum absolute atomic E-state index is 0.395. The minimum atomic E-state index is -0.873. The summed E-state index contributed by atoms with van der Waals surface area (Å²) < 4.78 is 10.8. The van der Waals surface area contributed by atoms with Crippen LogP contribution in [0.1, 0.15) is 11.1 Å². The van der Waals surface area contributed by atoms with Gasteiger partial charge in [-0.05, 0) is 29.7 Å². The number of carboxylic acid groups (broad SMARTS) is 1. The van der Waals surface area contributed by atoms with E-state index in [9.17, 15) is 9.90 Å². The van der Waals surface area contributed by atoms with Crippen molar-refractivity contribution in [2.75, 3.05) is 13.7 Å². The molecule has 0 fully saturated rings. The fourth-order valence-electron chi connectivity index (χ4n) is 2.43. The molecule has 2 aromatic carbocycles. The van der Waals surface area contributed by atoms with Crippen molar-refractivity contribution in [3.05, 3.63) is 72.3 Å². The Kier molecular flexibility index (Phi) is 7.04. The van der Waals surface area contributed by atoms with Crippen molar-refractivity contribution in [3.63, 3.8) is 0 Å². The van der Waals surface area contributed by atoms with E-state index < -0.39 is 12.0 Å². The van der Waals surface area contributed by atoms with E-state index in [0.29, 0.717) is 31.1 Å². The van der Waals surface area contributed by atoms with E-state index in [4.69, 9.17) is 9.47 Å². The third kappa shape index (κ3) is 5.65. The molecule has 0 aliphatic rings. The summed E-state index contributed by atoms with van der Waals surface area (Å²) in [6.45, 7) is 4.43. The van der Waals surface area contributed by atoms with Crippen LogP contribution in [0.2, 0.25) is 0 Å². The third-order valence-electron chi connectivity index (χ3n) is 3.72. The standard InChI is InChI=1S/C20H23NO4/c1-3-11-25-18-10-9-16(13-19(18)24-2)14-21-17(20(22)23)12-15-7-5-4-6-8-15/h3-10,13,17,21H,1,11-12,14H2,2H3,(H,22,23)/t17-/m0/s1. The number of methoxy groups -OCH3 is 1. The molecule has 0 unspecified atom stereocenters. The van der Waals surface area contributed by atoms with Crippen LogP contribution in [0.3, 0.4) is 0 Å². The second kappa shape index (κ2) is 9.49. The molecule has 0 spiro atoms. The molecule has 5 heteroatoms. The van der Waals surface area contributed by atoms with E-state index in [1.807, 2.05) is 48.5 Å². The lowest BCUT2D eigenvalue weighted by Gasteiger charge is -2.16. The molecule has 0 aliphatic heterocycles. The number of carbonyl (C=O) groups is 1. The molecule has 0 aromatic heterocycles. The first-order chi connectivity index (χ1) is 12.1. The van der Waals surface area contributed by atoms with Gasteiger partial charge in [0, 0.05) is 6.54 Å². The van der Waals surface area contributed by atoms with Crippen molar-refractivity contribution in [2.45, 2.75) is 19.0 Å². The zero-order valence-electron chi connectivity index (χ0n) is 14.3. The Hall–Kier alpha value is -2.79. The van der Waals surface area contributed by atoms with Gasteiger partial charge in [-0.3, -0.25) is 4.79 Å². The van der Waals surface area contributed by atoms with Crippen molar-refractivity contribution in [2.24, 2.45) is 0 Å². The Morgan fingerprint density at radius 3 is 2.60 bits per heavy atom. The quantitative estimate of drug-likeness (QED) is 0.650. The van der Waals surface area contributed by atoms with Crippen LogP contribution in [-0.4, -0.2) is 30.8 Å². The van der Waals surface area contributed by atoms with Gasteiger partial charge in [0.1, 0.15) is 12.6 Å². The number of hydrogen-bond acceptors (Lipinski definition) is 4. The average molecular weight is 341 g/mol. The van der Waals surface area contributed by atoms with Crippen molar-refractivity contribution in [1.29, 1.82) is 0 Å². The maximum atomic E-state index is 11.5. The molecular weight excluding hydrogens is 318 g/mol. The zero-order chi connectivity index (χ0) is 18.1. The normalized spacial score (nSPS) is 11.6. The highest BCUT2D eigenvalue weighted by Crippen LogP contribution is 2.28. The summed E-state index contributed by atoms with van der Waals surface area (Å²) in [5.41, 5.74) is 1.90. The molecule has 0 bridgehead atoms. The summed E-state index contributed by atoms with van der Waals surface area (Å²) in [6, 6.07) is 14.4. The summed E-state index contributed by atoms with van der Waals surface area (Å²) in [4.78, 5) is 11.5. The Morgan fingerprint density at radius 2 is 1.96 bits per heavy atom. The average Bonchev–Trinajstić information content (AvgIpc) is 2.64. The Bertz CT molecular complexity index is 700. The maximum absolute atomic E-state index is 11.5. The Balaban J connectivity index is 2.02. The van der Waals surface area contributed by atoms with Gasteiger partial charge in [0.15, 0.2) is 11.5 Å². The number of rotatable bonds is 10. The van der Waals surface area contributed by atoms with Crippen LogP contribution in [0, 0.1) is 0 Å². The van der Waals surface area contributed by atoms with Gasteiger partial charge in [0.05, 0.1) is 7.11 Å². The van der Waals surface area contributed by atoms with Crippen LogP contribution in [0.4, 0.5) is 0 Å². The lowest BCUT2D eigenvalue weighted by atomic mass is 10.1. The molecule has 2 aromatic rings. The molecular formula is C20H23NO4. The molecule has 132 valence electrons. The molecule has 25 heavy (non-hydrogen) atoms. The zero-order valence-corrected chi connectivity index (χ0v) is 14.3. The summed E-state index contributed by atoms with van der Waals surface area (Å²) >= 11 is 0. The lowest BCUT2D eigenvalue weighted by molar-refractivity contribution is -0.139. The highest BCUT2D eigenvalue weighted by Gasteiger charge is 2.17. The van der Waals surface area contributed by atoms with E-state index in [-0.39, 0.29) is 0 Å². The van der Waals surface area contributed by atoms with Gasteiger partial charge in [-0.2, -0.15) is 0 Å². The van der Waals surface area contributed by atoms with E-state index in [2.05, 4.69) is 11.9 Å². The van der Waals surface area contributed by atoms with E-state index in [1.165, 1.54) is 0 Å². The minimum Gasteiger partial charge on any atom is -0.493 e. The van der Waals surface area contributed by atoms with E-state index >= 15 is 0 Å². The van der Waals surface area contributed by atoms with E-state index in [1.54, 1.807) is 13.2 Å². The summed E-state index contributed by atoms with van der Waals surface area (Å²) in [5, 5.41) is 12.5. The van der Waals surface area contributed by atoms with E-state index in [0.717, 1.165) is 11.1 Å². The highest BCUT2D eigenvalue weighted by atomic mass is 16.5. The fraction of sp³-hybridized carbons (Fsp3) is 0.250. The van der Waals surface area contributed by atoms with Crippen LogP contribution in [-0.2, 0) is 17.8 Å². The number of aliphatic carboxylic acids is 1. The molecule has 0 saturated heterocycles. The molecule has 0 amide bonds. The molecule has 2 rings (SSSR count). The topological polar surface area (TPSA) is 67.8 Å². The van der Waals surface area contributed by atoms with Gasteiger partial charge in [-0.1, -0.05) is 49.1 Å². The Labute approximate surface area is 147 Å². The van der Waals surface area contributed by atoms with Gasteiger partial charge in [0.2, 0.25) is 0 Å². The van der Waals surface area contributed by atoms with Crippen molar-refractivity contribution >= 4 is 5.97 Å². The van der Waals surface area contributed by atoms with Crippen molar-refractivity contribution in [1.82, 2.24) is 5.32 Å². The fourth-order valence-corrected chi connectivity index (χ4v) is 2.43. The number of ether oxygens (including phenoxy) is 2.